The first-order chi connectivity index (χ1) is 27.4. The Morgan fingerprint density at radius 2 is 1.29 bits per heavy atom. The first-order valence-corrected chi connectivity index (χ1v) is 17.8. The average molecular weight is 736 g/mol. The van der Waals surface area contributed by atoms with Gasteiger partial charge in [-0.3, -0.25) is 9.69 Å². The standard InChI is InChI=1S/C50H41NO5/c1-8-19-37(45(14-7)53-29-10-3)33-39-35-41(24-26-47(39)55-31-12-5)50(43-21-16-17-22-44(43)51(28-9-2)49(50)52)42-25-27-48(56-32-13-6)40(36-42)34-38-20-15-18-23-46(38)54-30-11-4/h2-6,8,14-27,35-36H,1,28-34H2,7H3/b37-19-,45-14+. The maximum atomic E-state index is 15.3. The number of para-hydroxylation sites is 2. The maximum absolute atomic E-state index is 15.3. The molecule has 0 bridgehead atoms. The minimum atomic E-state index is -1.36. The van der Waals surface area contributed by atoms with E-state index in [1.54, 1.807) is 11.0 Å². The number of allylic oxidation sites excluding steroid dienone is 4. The van der Waals surface area contributed by atoms with Crippen molar-refractivity contribution in [2.45, 2.75) is 25.2 Å². The molecule has 0 saturated carbocycles. The molecule has 0 aromatic heterocycles. The molecule has 0 aliphatic carbocycles. The van der Waals surface area contributed by atoms with E-state index < -0.39 is 5.41 Å². The van der Waals surface area contributed by atoms with Gasteiger partial charge in [0.2, 0.25) is 5.91 Å². The molecule has 0 saturated heterocycles. The van der Waals surface area contributed by atoms with Crippen LogP contribution in [-0.4, -0.2) is 38.9 Å². The second-order valence-corrected chi connectivity index (χ2v) is 12.5. The van der Waals surface area contributed by atoms with E-state index in [-0.39, 0.29) is 38.9 Å². The van der Waals surface area contributed by atoms with Crippen molar-refractivity contribution in [3.8, 4) is 79.0 Å². The van der Waals surface area contributed by atoms with Crippen molar-refractivity contribution in [2.75, 3.05) is 37.9 Å². The molecule has 1 aliphatic heterocycles. The van der Waals surface area contributed by atoms with Gasteiger partial charge in [0, 0.05) is 24.1 Å². The molecule has 0 radical (unpaired) electrons. The van der Waals surface area contributed by atoms with Crippen LogP contribution in [0.4, 0.5) is 5.69 Å². The molecule has 6 heteroatoms. The molecule has 1 unspecified atom stereocenters. The SMILES string of the molecule is C#CCOC(=C/C)/C(=C\C=C)Cc1cc(C2(c3ccc(OCC#C)c(Cc4ccccc4OCC#C)c3)C(=O)N(CC#C)c3ccccc32)ccc1OCC#C. The van der Waals surface area contributed by atoms with Gasteiger partial charge in [-0.15, -0.1) is 32.1 Å². The lowest BCUT2D eigenvalue weighted by Crippen LogP contribution is -2.42. The van der Waals surface area contributed by atoms with E-state index in [1.165, 1.54) is 0 Å². The molecule has 1 atom stereocenters. The number of rotatable bonds is 17. The molecule has 5 rings (SSSR count). The summed E-state index contributed by atoms with van der Waals surface area (Å²) in [5.41, 5.74) is 4.68. The van der Waals surface area contributed by atoms with E-state index >= 15 is 4.79 Å². The van der Waals surface area contributed by atoms with Crippen molar-refractivity contribution in [1.29, 1.82) is 0 Å². The summed E-state index contributed by atoms with van der Waals surface area (Å²) in [6, 6.07) is 26.8. The highest BCUT2D eigenvalue weighted by molar-refractivity contribution is 6.13. The van der Waals surface area contributed by atoms with E-state index in [4.69, 9.17) is 51.1 Å². The van der Waals surface area contributed by atoms with Crippen molar-refractivity contribution in [2.24, 2.45) is 0 Å². The lowest BCUT2D eigenvalue weighted by atomic mass is 9.69. The van der Waals surface area contributed by atoms with Crippen LogP contribution in [0.2, 0.25) is 0 Å². The monoisotopic (exact) mass is 735 g/mol. The van der Waals surface area contributed by atoms with E-state index in [1.807, 2.05) is 104 Å². The number of hydrogen-bond acceptors (Lipinski definition) is 5. The van der Waals surface area contributed by atoms with Gasteiger partial charge in [0.1, 0.15) is 54.9 Å². The van der Waals surface area contributed by atoms with Gasteiger partial charge < -0.3 is 18.9 Å². The predicted octanol–water partition coefficient (Wildman–Crippen LogP) is 7.84. The van der Waals surface area contributed by atoms with E-state index in [0.29, 0.717) is 52.7 Å². The van der Waals surface area contributed by atoms with Gasteiger partial charge >= 0.3 is 0 Å². The predicted molar refractivity (Wildman–Crippen MR) is 223 cm³/mol. The van der Waals surface area contributed by atoms with Crippen LogP contribution in [-0.2, 0) is 27.8 Å². The molecule has 1 amide bonds. The minimum absolute atomic E-state index is 0.0365. The third-order valence-electron chi connectivity index (χ3n) is 9.28. The Hall–Kier alpha value is -7.43. The summed E-state index contributed by atoms with van der Waals surface area (Å²) in [5.74, 6) is 15.0. The molecule has 0 N–H and O–H groups in total. The molecule has 4 aromatic rings. The number of fused-ring (bicyclic) bond motifs is 1. The Morgan fingerprint density at radius 3 is 1.89 bits per heavy atom. The molecule has 56 heavy (non-hydrogen) atoms. The highest BCUT2D eigenvalue weighted by Gasteiger charge is 2.53. The summed E-state index contributed by atoms with van der Waals surface area (Å²) in [5, 5.41) is 0. The number of amides is 1. The second-order valence-electron chi connectivity index (χ2n) is 12.5. The van der Waals surface area contributed by atoms with Gasteiger partial charge in [-0.05, 0) is 70.7 Å². The average Bonchev–Trinajstić information content (AvgIpc) is 3.47. The normalized spacial score (nSPS) is 14.6. The van der Waals surface area contributed by atoms with E-state index in [9.17, 15) is 0 Å². The molecule has 0 fully saturated rings. The first kappa shape index (κ1) is 39.8. The second kappa shape index (κ2) is 19.1. The van der Waals surface area contributed by atoms with Crippen molar-refractivity contribution >= 4 is 11.6 Å². The summed E-state index contributed by atoms with van der Waals surface area (Å²) in [4.78, 5) is 17.0. The summed E-state index contributed by atoms with van der Waals surface area (Å²) < 4.78 is 24.0. The highest BCUT2D eigenvalue weighted by atomic mass is 16.5. The smallest absolute Gasteiger partial charge is 0.247 e. The minimum Gasteiger partial charge on any atom is -0.481 e. The fraction of sp³-hybridized carbons (Fsp3) is 0.180. The summed E-state index contributed by atoms with van der Waals surface area (Å²) >= 11 is 0. The van der Waals surface area contributed by atoms with Crippen LogP contribution in [0, 0.1) is 61.7 Å². The van der Waals surface area contributed by atoms with Gasteiger partial charge in [0.05, 0.1) is 6.54 Å². The fourth-order valence-corrected chi connectivity index (χ4v) is 7.02. The molecule has 1 aliphatic rings. The van der Waals surface area contributed by atoms with Crippen LogP contribution in [0.1, 0.15) is 40.3 Å². The molecule has 1 heterocycles. The topological polar surface area (TPSA) is 57.2 Å². The fourth-order valence-electron chi connectivity index (χ4n) is 7.02. The van der Waals surface area contributed by atoms with E-state index in [0.717, 1.165) is 27.8 Å². The van der Waals surface area contributed by atoms with Crippen LogP contribution in [0.15, 0.2) is 121 Å². The third kappa shape index (κ3) is 8.20. The lowest BCUT2D eigenvalue weighted by Gasteiger charge is -2.32. The van der Waals surface area contributed by atoms with Gasteiger partial charge in [-0.1, -0.05) is 109 Å². The number of hydrogen-bond donors (Lipinski definition) is 0. The zero-order valence-corrected chi connectivity index (χ0v) is 31.3. The van der Waals surface area contributed by atoms with Gasteiger partial charge in [-0.25, -0.2) is 0 Å². The van der Waals surface area contributed by atoms with Gasteiger partial charge in [-0.2, -0.15) is 0 Å². The van der Waals surface area contributed by atoms with Crippen molar-refractivity contribution in [3.63, 3.8) is 0 Å². The Balaban J connectivity index is 1.80. The largest absolute Gasteiger partial charge is 0.481 e. The molecular weight excluding hydrogens is 695 g/mol. The molecule has 276 valence electrons. The van der Waals surface area contributed by atoms with Crippen molar-refractivity contribution in [3.05, 3.63) is 154 Å². The van der Waals surface area contributed by atoms with Crippen LogP contribution in [0.3, 0.4) is 0 Å². The maximum Gasteiger partial charge on any atom is 0.247 e. The number of benzene rings is 4. The summed E-state index contributed by atoms with van der Waals surface area (Å²) in [7, 11) is 0. The molecule has 4 aromatic carbocycles. The Bertz CT molecular complexity index is 2380. The number of carbonyl (C=O) groups is 1. The zero-order chi connectivity index (χ0) is 39.9. The Labute approximate surface area is 330 Å². The third-order valence-corrected chi connectivity index (χ3v) is 9.28. The van der Waals surface area contributed by atoms with Gasteiger partial charge in [0.25, 0.3) is 0 Å². The number of terminal acetylenes is 5. The van der Waals surface area contributed by atoms with Crippen molar-refractivity contribution in [1.82, 2.24) is 0 Å². The highest BCUT2D eigenvalue weighted by Crippen LogP contribution is 2.52. The molecular formula is C50H41NO5. The van der Waals surface area contributed by atoms with E-state index in [2.05, 4.69) is 36.2 Å². The Kier molecular flexibility index (Phi) is 13.5. The number of ether oxygens (including phenoxy) is 4. The molecule has 6 nitrogen and oxygen atoms in total. The first-order valence-electron chi connectivity index (χ1n) is 17.8. The molecule has 0 spiro atoms. The van der Waals surface area contributed by atoms with Gasteiger partial charge in [0.15, 0.2) is 0 Å². The number of nitrogens with zero attached hydrogens (tertiary/aromatic N) is 1. The van der Waals surface area contributed by atoms with Crippen LogP contribution in [0.5, 0.6) is 17.2 Å². The zero-order valence-electron chi connectivity index (χ0n) is 31.3. The van der Waals surface area contributed by atoms with Crippen LogP contribution in [0.25, 0.3) is 0 Å². The Morgan fingerprint density at radius 1 is 0.714 bits per heavy atom. The number of anilines is 1. The summed E-state index contributed by atoms with van der Waals surface area (Å²) in [6.45, 7) is 6.13. The van der Waals surface area contributed by atoms with Crippen molar-refractivity contribution < 1.29 is 23.7 Å². The van der Waals surface area contributed by atoms with Crippen LogP contribution >= 0.6 is 0 Å². The number of carbonyl (C=O) groups excluding carboxylic acids is 1. The quantitative estimate of drug-likeness (QED) is 0.0629. The lowest BCUT2D eigenvalue weighted by molar-refractivity contribution is -0.120. The summed E-state index contributed by atoms with van der Waals surface area (Å²) in [6.07, 6.45) is 34.3. The van der Waals surface area contributed by atoms with Crippen LogP contribution < -0.4 is 19.1 Å².